The number of ether oxygens (including phenoxy) is 1. The van der Waals surface area contributed by atoms with E-state index < -0.39 is 12.0 Å². The molecular formula is C11H20N2O4. The second kappa shape index (κ2) is 5.35. The molecule has 1 atom stereocenters. The highest BCUT2D eigenvalue weighted by atomic mass is 16.5. The first-order valence-corrected chi connectivity index (χ1v) is 5.63. The van der Waals surface area contributed by atoms with Crippen molar-refractivity contribution < 1.29 is 19.4 Å². The number of carboxylic acid groups (broad SMARTS) is 1. The summed E-state index contributed by atoms with van der Waals surface area (Å²) in [4.78, 5) is 24.3. The molecule has 0 aromatic rings. The Morgan fingerprint density at radius 2 is 2.18 bits per heavy atom. The molecule has 17 heavy (non-hydrogen) atoms. The summed E-state index contributed by atoms with van der Waals surface area (Å²) >= 11 is 0. The first kappa shape index (κ1) is 13.8. The molecule has 6 heteroatoms. The van der Waals surface area contributed by atoms with Gasteiger partial charge in [0.15, 0.2) is 6.04 Å². The molecule has 6 nitrogen and oxygen atoms in total. The van der Waals surface area contributed by atoms with Crippen molar-refractivity contribution in [1.29, 1.82) is 0 Å². The molecule has 0 aromatic heterocycles. The Bertz CT molecular complexity index is 304. The lowest BCUT2D eigenvalue weighted by atomic mass is 9.93. The number of methoxy groups -OCH3 is 1. The van der Waals surface area contributed by atoms with Gasteiger partial charge in [-0.3, -0.25) is 0 Å². The quantitative estimate of drug-likeness (QED) is 0.756. The fourth-order valence-electron chi connectivity index (χ4n) is 1.87. The number of carbonyl (C=O) groups is 2. The molecule has 0 saturated carbocycles. The van der Waals surface area contributed by atoms with E-state index in [1.54, 1.807) is 4.90 Å². The number of carbonyl (C=O) groups excluding carboxylic acids is 1. The Kier molecular flexibility index (Phi) is 4.34. The van der Waals surface area contributed by atoms with Gasteiger partial charge in [-0.1, -0.05) is 13.8 Å². The number of aliphatic carboxylic acids is 1. The Morgan fingerprint density at radius 1 is 1.53 bits per heavy atom. The highest BCUT2D eigenvalue weighted by Crippen LogP contribution is 2.28. The average molecular weight is 244 g/mol. The van der Waals surface area contributed by atoms with Crippen LogP contribution in [0.15, 0.2) is 0 Å². The van der Waals surface area contributed by atoms with Crippen molar-refractivity contribution in [3.05, 3.63) is 0 Å². The molecule has 98 valence electrons. The zero-order valence-electron chi connectivity index (χ0n) is 10.5. The van der Waals surface area contributed by atoms with Crippen molar-refractivity contribution in [2.24, 2.45) is 5.41 Å². The molecule has 2 amide bonds. The van der Waals surface area contributed by atoms with Crippen LogP contribution in [-0.2, 0) is 9.53 Å². The van der Waals surface area contributed by atoms with Gasteiger partial charge in [0.25, 0.3) is 0 Å². The van der Waals surface area contributed by atoms with E-state index in [1.165, 1.54) is 7.11 Å². The lowest BCUT2D eigenvalue weighted by molar-refractivity contribution is -0.140. The van der Waals surface area contributed by atoms with Crippen LogP contribution in [0.5, 0.6) is 0 Å². The maximum absolute atomic E-state index is 11.8. The predicted octanol–water partition coefficient (Wildman–Crippen LogP) is 0.527. The van der Waals surface area contributed by atoms with E-state index in [4.69, 9.17) is 9.84 Å². The van der Waals surface area contributed by atoms with Crippen LogP contribution >= 0.6 is 0 Å². The minimum absolute atomic E-state index is 0.0295. The van der Waals surface area contributed by atoms with E-state index in [0.717, 1.165) is 6.42 Å². The zero-order chi connectivity index (χ0) is 13.1. The smallest absolute Gasteiger partial charge is 0.328 e. The van der Waals surface area contributed by atoms with Crippen LogP contribution in [0.4, 0.5) is 4.79 Å². The highest BCUT2D eigenvalue weighted by molar-refractivity contribution is 5.82. The molecule has 0 aliphatic carbocycles. The maximum atomic E-state index is 11.8. The third kappa shape index (κ3) is 3.89. The normalized spacial score (nSPS) is 20.1. The summed E-state index contributed by atoms with van der Waals surface area (Å²) in [6, 6.07) is -1.32. The Labute approximate surface area is 101 Å². The second-order valence-corrected chi connectivity index (χ2v) is 5.13. The van der Waals surface area contributed by atoms with Crippen LogP contribution in [-0.4, -0.2) is 54.9 Å². The van der Waals surface area contributed by atoms with Gasteiger partial charge >= 0.3 is 12.0 Å². The van der Waals surface area contributed by atoms with E-state index in [1.807, 2.05) is 0 Å². The third-order valence-corrected chi connectivity index (χ3v) is 2.89. The molecule has 1 fully saturated rings. The summed E-state index contributed by atoms with van der Waals surface area (Å²) in [5.41, 5.74) is 0.108. The van der Waals surface area contributed by atoms with Gasteiger partial charge in [0.1, 0.15) is 0 Å². The first-order valence-electron chi connectivity index (χ1n) is 5.63. The van der Waals surface area contributed by atoms with Gasteiger partial charge in [0, 0.05) is 20.2 Å². The summed E-state index contributed by atoms with van der Waals surface area (Å²) < 4.78 is 4.76. The molecule has 0 aromatic carbocycles. The fraction of sp³-hybridized carbons (Fsp3) is 0.818. The summed E-state index contributed by atoms with van der Waals surface area (Å²) in [6.45, 7) is 5.46. The lowest BCUT2D eigenvalue weighted by Crippen LogP contribution is -2.49. The van der Waals surface area contributed by atoms with E-state index in [2.05, 4.69) is 19.2 Å². The van der Waals surface area contributed by atoms with Crippen molar-refractivity contribution >= 4 is 12.0 Å². The van der Waals surface area contributed by atoms with Crippen LogP contribution in [0.25, 0.3) is 0 Å². The number of rotatable bonds is 4. The van der Waals surface area contributed by atoms with Crippen LogP contribution in [0.2, 0.25) is 0 Å². The Morgan fingerprint density at radius 3 is 2.59 bits per heavy atom. The number of urea groups is 1. The maximum Gasteiger partial charge on any atom is 0.328 e. The highest BCUT2D eigenvalue weighted by Gasteiger charge is 2.33. The number of hydrogen-bond donors (Lipinski definition) is 2. The topological polar surface area (TPSA) is 78.9 Å². The van der Waals surface area contributed by atoms with Gasteiger partial charge in [0.05, 0.1) is 6.61 Å². The lowest BCUT2D eigenvalue weighted by Gasteiger charge is -2.22. The number of nitrogens with one attached hydrogen (secondary N) is 1. The molecule has 0 spiro atoms. The molecule has 1 aliphatic heterocycles. The fourth-order valence-corrected chi connectivity index (χ4v) is 1.87. The molecule has 1 aliphatic rings. The van der Waals surface area contributed by atoms with Crippen LogP contribution in [0, 0.1) is 5.41 Å². The summed E-state index contributed by atoms with van der Waals surface area (Å²) in [7, 11) is 1.40. The van der Waals surface area contributed by atoms with E-state index in [0.29, 0.717) is 13.1 Å². The second-order valence-electron chi connectivity index (χ2n) is 5.13. The van der Waals surface area contributed by atoms with Crippen molar-refractivity contribution in [1.82, 2.24) is 10.2 Å². The van der Waals surface area contributed by atoms with E-state index >= 15 is 0 Å². The summed E-state index contributed by atoms with van der Waals surface area (Å²) in [5, 5.41) is 11.3. The van der Waals surface area contributed by atoms with Gasteiger partial charge < -0.3 is 20.1 Å². The van der Waals surface area contributed by atoms with Crippen LogP contribution < -0.4 is 5.32 Å². The first-order chi connectivity index (χ1) is 7.85. The van der Waals surface area contributed by atoms with Crippen LogP contribution in [0.3, 0.4) is 0 Å². The van der Waals surface area contributed by atoms with Gasteiger partial charge in [-0.2, -0.15) is 0 Å². The SMILES string of the molecule is COCC(NC(=O)N1CCC(C)(C)C1)C(=O)O. The van der Waals surface area contributed by atoms with Crippen molar-refractivity contribution in [2.45, 2.75) is 26.3 Å². The van der Waals surface area contributed by atoms with Crippen LogP contribution in [0.1, 0.15) is 20.3 Å². The van der Waals surface area contributed by atoms with Crippen molar-refractivity contribution in [2.75, 3.05) is 26.8 Å². The molecule has 0 bridgehead atoms. The van der Waals surface area contributed by atoms with E-state index in [-0.39, 0.29) is 18.1 Å². The van der Waals surface area contributed by atoms with Gasteiger partial charge in [0.2, 0.25) is 0 Å². The Balaban J connectivity index is 2.51. The number of hydrogen-bond acceptors (Lipinski definition) is 3. The molecule has 2 N–H and O–H groups in total. The number of nitrogens with zero attached hydrogens (tertiary/aromatic N) is 1. The summed E-state index contributed by atoms with van der Waals surface area (Å²) in [5.74, 6) is -1.08. The molecular weight excluding hydrogens is 224 g/mol. The summed E-state index contributed by atoms with van der Waals surface area (Å²) in [6.07, 6.45) is 0.933. The zero-order valence-corrected chi connectivity index (χ0v) is 10.5. The number of carboxylic acids is 1. The molecule has 1 unspecified atom stereocenters. The molecule has 1 heterocycles. The minimum atomic E-state index is -1.08. The number of amides is 2. The monoisotopic (exact) mass is 244 g/mol. The van der Waals surface area contributed by atoms with Crippen molar-refractivity contribution in [3.8, 4) is 0 Å². The van der Waals surface area contributed by atoms with Gasteiger partial charge in [-0.15, -0.1) is 0 Å². The molecule has 1 rings (SSSR count). The molecule has 0 radical (unpaired) electrons. The van der Waals surface area contributed by atoms with Gasteiger partial charge in [-0.25, -0.2) is 9.59 Å². The average Bonchev–Trinajstić information content (AvgIpc) is 2.58. The largest absolute Gasteiger partial charge is 0.480 e. The Hall–Kier alpha value is -1.30. The molecule has 1 saturated heterocycles. The van der Waals surface area contributed by atoms with E-state index in [9.17, 15) is 9.59 Å². The third-order valence-electron chi connectivity index (χ3n) is 2.89. The predicted molar refractivity (Wildman–Crippen MR) is 61.8 cm³/mol. The van der Waals surface area contributed by atoms with Gasteiger partial charge in [-0.05, 0) is 11.8 Å². The number of likely N-dealkylation sites (tertiary alicyclic amines) is 1. The standard InChI is InChI=1S/C11H20N2O4/c1-11(2)4-5-13(7-11)10(16)12-8(6-17-3)9(14)15/h8H,4-7H2,1-3H3,(H,12,16)(H,14,15). The van der Waals surface area contributed by atoms with Crippen molar-refractivity contribution in [3.63, 3.8) is 0 Å². The minimum Gasteiger partial charge on any atom is -0.480 e.